The maximum Gasteiger partial charge on any atom is 0.266 e. The molecule has 3 heterocycles. The summed E-state index contributed by atoms with van der Waals surface area (Å²) in [6.07, 6.45) is 4.20. The molecule has 0 saturated carbocycles. The molecule has 0 aliphatic carbocycles. The number of anilines is 1. The molecule has 1 saturated heterocycles. The van der Waals surface area contributed by atoms with E-state index in [1.807, 2.05) is 13.8 Å². The summed E-state index contributed by atoms with van der Waals surface area (Å²) in [5, 5.41) is 24.9. The summed E-state index contributed by atoms with van der Waals surface area (Å²) in [6, 6.07) is 2.63. The summed E-state index contributed by atoms with van der Waals surface area (Å²) < 4.78 is 11.1. The lowest BCUT2D eigenvalue weighted by Gasteiger charge is -2.30. The Kier molecular flexibility index (Phi) is 9.02. The first-order valence-electron chi connectivity index (χ1n) is 11.6. The second-order valence-corrected chi connectivity index (χ2v) is 8.83. The topological polar surface area (TPSA) is 134 Å². The number of piperidine rings is 1. The van der Waals surface area contributed by atoms with Crippen LogP contribution in [-0.4, -0.2) is 70.2 Å². The van der Waals surface area contributed by atoms with Gasteiger partial charge in [0.15, 0.2) is 0 Å². The number of carbonyl (C=O) groups is 1. The van der Waals surface area contributed by atoms with Crippen molar-refractivity contribution < 1.29 is 24.3 Å². The van der Waals surface area contributed by atoms with E-state index in [0.29, 0.717) is 41.5 Å². The van der Waals surface area contributed by atoms with E-state index < -0.39 is 6.04 Å². The number of aliphatic hydroxyl groups is 2. The first kappa shape index (κ1) is 24.9. The van der Waals surface area contributed by atoms with Crippen molar-refractivity contribution in [2.24, 2.45) is 5.92 Å². The number of aromatic nitrogens is 3. The molecule has 0 radical (unpaired) electrons. The van der Waals surface area contributed by atoms with Gasteiger partial charge < -0.3 is 29.7 Å². The summed E-state index contributed by atoms with van der Waals surface area (Å²) in [7, 11) is 0. The van der Waals surface area contributed by atoms with Crippen LogP contribution >= 0.6 is 0 Å². The summed E-state index contributed by atoms with van der Waals surface area (Å²) in [5.74, 6) is 2.36. The number of amides is 1. The molecule has 10 nitrogen and oxygen atoms in total. The van der Waals surface area contributed by atoms with Crippen molar-refractivity contribution in [3.05, 3.63) is 29.3 Å². The van der Waals surface area contributed by atoms with Crippen molar-refractivity contribution in [2.75, 3.05) is 37.8 Å². The molecule has 1 amide bonds. The van der Waals surface area contributed by atoms with Crippen LogP contribution in [0.3, 0.4) is 0 Å². The van der Waals surface area contributed by atoms with Crippen LogP contribution in [-0.2, 0) is 0 Å². The van der Waals surface area contributed by atoms with Gasteiger partial charge in [-0.25, -0.2) is 4.98 Å². The molecule has 3 rings (SSSR count). The Morgan fingerprint density at radius 2 is 1.97 bits per heavy atom. The highest BCUT2D eigenvalue weighted by atomic mass is 16.5. The number of hydrogen-bond donors (Lipinski definition) is 3. The van der Waals surface area contributed by atoms with Crippen molar-refractivity contribution in [2.45, 2.75) is 58.4 Å². The van der Waals surface area contributed by atoms with E-state index in [0.717, 1.165) is 38.8 Å². The highest BCUT2D eigenvalue weighted by Crippen LogP contribution is 2.25. The van der Waals surface area contributed by atoms with Crippen LogP contribution < -0.4 is 15.0 Å². The van der Waals surface area contributed by atoms with E-state index in [2.05, 4.69) is 25.3 Å². The Hall–Kier alpha value is -2.72. The van der Waals surface area contributed by atoms with E-state index in [1.54, 1.807) is 19.1 Å². The first-order chi connectivity index (χ1) is 15.9. The van der Waals surface area contributed by atoms with Crippen molar-refractivity contribution >= 4 is 11.9 Å². The van der Waals surface area contributed by atoms with Crippen molar-refractivity contribution in [1.82, 2.24) is 20.4 Å². The lowest BCUT2D eigenvalue weighted by Crippen LogP contribution is -2.40. The Bertz CT molecular complexity index is 891. The van der Waals surface area contributed by atoms with Gasteiger partial charge in [-0.3, -0.25) is 4.79 Å². The lowest BCUT2D eigenvalue weighted by atomic mass is 9.92. The van der Waals surface area contributed by atoms with Crippen LogP contribution in [0.5, 0.6) is 5.88 Å². The van der Waals surface area contributed by atoms with Gasteiger partial charge in [-0.1, -0.05) is 13.8 Å². The minimum Gasteiger partial charge on any atom is -0.478 e. The molecule has 182 valence electrons. The quantitative estimate of drug-likeness (QED) is 0.430. The molecular weight excluding hydrogens is 426 g/mol. The highest BCUT2D eigenvalue weighted by Gasteiger charge is 2.23. The van der Waals surface area contributed by atoms with E-state index in [4.69, 9.17) is 19.5 Å². The number of carbonyl (C=O) groups excluding carboxylic acids is 1. The normalized spacial score (nSPS) is 14.8. The molecule has 0 unspecified atom stereocenters. The number of aryl methyl sites for hydroxylation is 1. The van der Waals surface area contributed by atoms with Gasteiger partial charge in [-0.2, -0.15) is 4.98 Å². The van der Waals surface area contributed by atoms with Gasteiger partial charge in [0.25, 0.3) is 11.9 Å². The zero-order chi connectivity index (χ0) is 23.8. The van der Waals surface area contributed by atoms with Crippen molar-refractivity contribution in [3.8, 4) is 5.88 Å². The van der Waals surface area contributed by atoms with Gasteiger partial charge in [-0.05, 0) is 49.7 Å². The molecule has 0 atom stereocenters. The molecule has 2 aromatic rings. The van der Waals surface area contributed by atoms with Gasteiger partial charge in [0.2, 0.25) is 11.8 Å². The highest BCUT2D eigenvalue weighted by molar-refractivity contribution is 5.95. The van der Waals surface area contributed by atoms with Crippen LogP contribution in [0.15, 0.2) is 16.7 Å². The fraction of sp³-hybridized carbons (Fsp3) is 0.652. The third-order valence-electron chi connectivity index (χ3n) is 5.91. The third kappa shape index (κ3) is 6.88. The van der Waals surface area contributed by atoms with E-state index in [1.165, 1.54) is 0 Å². The Morgan fingerprint density at radius 3 is 2.58 bits per heavy atom. The second kappa shape index (κ2) is 11.9. The number of hydrogen-bond acceptors (Lipinski definition) is 9. The average Bonchev–Trinajstić information content (AvgIpc) is 3.31. The summed E-state index contributed by atoms with van der Waals surface area (Å²) >= 11 is 0. The maximum absolute atomic E-state index is 12.3. The maximum atomic E-state index is 12.3. The molecule has 33 heavy (non-hydrogen) atoms. The summed E-state index contributed by atoms with van der Waals surface area (Å²) in [5.41, 5.74) is 0.928. The van der Waals surface area contributed by atoms with E-state index in [-0.39, 0.29) is 25.0 Å². The number of rotatable bonds is 11. The molecule has 10 heteroatoms. The minimum absolute atomic E-state index is 0.236. The molecule has 0 aromatic carbocycles. The van der Waals surface area contributed by atoms with E-state index >= 15 is 0 Å². The van der Waals surface area contributed by atoms with Crippen LogP contribution in [0.25, 0.3) is 0 Å². The predicted octanol–water partition coefficient (Wildman–Crippen LogP) is 2.06. The van der Waals surface area contributed by atoms with Gasteiger partial charge in [0, 0.05) is 25.1 Å². The van der Waals surface area contributed by atoms with Gasteiger partial charge in [0.1, 0.15) is 0 Å². The second-order valence-electron chi connectivity index (χ2n) is 8.83. The first-order valence-corrected chi connectivity index (χ1v) is 11.6. The number of aliphatic hydroxyl groups excluding tert-OH is 2. The molecule has 3 N–H and O–H groups in total. The SMILES string of the molecule is Cc1nc(OCCCC2CCN(c3noc(C(C)C)n3)CC2)ccc1C(=O)NC(CO)CO. The van der Waals surface area contributed by atoms with Crippen LogP contribution in [0.1, 0.15) is 67.4 Å². The molecule has 1 aliphatic rings. The number of ether oxygens (including phenoxy) is 1. The van der Waals surface area contributed by atoms with Crippen LogP contribution in [0.4, 0.5) is 5.95 Å². The fourth-order valence-electron chi connectivity index (χ4n) is 3.83. The van der Waals surface area contributed by atoms with Crippen molar-refractivity contribution in [1.29, 1.82) is 0 Å². The molecular formula is C23H35N5O5. The Labute approximate surface area is 194 Å². The molecule has 0 spiro atoms. The Morgan fingerprint density at radius 1 is 1.24 bits per heavy atom. The van der Waals surface area contributed by atoms with Gasteiger partial charge >= 0.3 is 0 Å². The smallest absolute Gasteiger partial charge is 0.266 e. The van der Waals surface area contributed by atoms with Gasteiger partial charge in [0.05, 0.1) is 37.1 Å². The zero-order valence-electron chi connectivity index (χ0n) is 19.7. The van der Waals surface area contributed by atoms with Crippen molar-refractivity contribution in [3.63, 3.8) is 0 Å². The standard InChI is InChI=1S/C23H35N5O5/c1-15(2)22-26-23(27-33-22)28-10-8-17(9-11-28)5-4-12-32-20-7-6-19(16(3)24-20)21(31)25-18(13-29)14-30/h6-7,15,17-18,29-30H,4-5,8-14H2,1-3H3,(H,25,31). The monoisotopic (exact) mass is 461 g/mol. The van der Waals surface area contributed by atoms with Crippen LogP contribution in [0.2, 0.25) is 0 Å². The average molecular weight is 462 g/mol. The largest absolute Gasteiger partial charge is 0.478 e. The molecule has 1 fully saturated rings. The fourth-order valence-corrected chi connectivity index (χ4v) is 3.83. The summed E-state index contributed by atoms with van der Waals surface area (Å²) in [6.45, 7) is 7.59. The zero-order valence-corrected chi connectivity index (χ0v) is 19.7. The lowest BCUT2D eigenvalue weighted by molar-refractivity contribution is 0.0878. The number of nitrogens with one attached hydrogen (secondary N) is 1. The molecule has 2 aromatic heterocycles. The van der Waals surface area contributed by atoms with Gasteiger partial charge in [-0.15, -0.1) is 0 Å². The third-order valence-corrected chi connectivity index (χ3v) is 5.91. The predicted molar refractivity (Wildman–Crippen MR) is 122 cm³/mol. The summed E-state index contributed by atoms with van der Waals surface area (Å²) in [4.78, 5) is 23.3. The Balaban J connectivity index is 1.38. The molecule has 1 aliphatic heterocycles. The number of pyridine rings is 1. The van der Waals surface area contributed by atoms with Crippen LogP contribution in [0, 0.1) is 12.8 Å². The van der Waals surface area contributed by atoms with E-state index in [9.17, 15) is 4.79 Å². The number of nitrogens with zero attached hydrogens (tertiary/aromatic N) is 4. The minimum atomic E-state index is -0.690. The molecule has 0 bridgehead atoms.